The number of aliphatic hydroxyl groups excluding tert-OH is 1. The van der Waals surface area contributed by atoms with Crippen molar-refractivity contribution < 1.29 is 44.0 Å². The number of aliphatic hydroxyl groups is 2. The number of hydrogen-bond acceptors (Lipinski definition) is 8. The summed E-state index contributed by atoms with van der Waals surface area (Å²) in [5.41, 5.74) is -2.05. The number of Topliss-reactive ketones (excluding diaryl/α,β-unsaturated/α-hetero) is 1. The summed E-state index contributed by atoms with van der Waals surface area (Å²) in [4.78, 5) is 60.9. The van der Waals surface area contributed by atoms with E-state index in [1.54, 1.807) is 0 Å². The van der Waals surface area contributed by atoms with E-state index in [0.717, 1.165) is 32.1 Å². The maximum atomic E-state index is 13.4. The lowest BCUT2D eigenvalue weighted by Crippen LogP contribution is -2.58. The van der Waals surface area contributed by atoms with Crippen molar-refractivity contribution >= 4 is 29.4 Å². The molecule has 4 aliphatic rings. The van der Waals surface area contributed by atoms with Crippen LogP contribution in [-0.4, -0.2) is 69.6 Å². The summed E-state index contributed by atoms with van der Waals surface area (Å²) in [5, 5.41) is 33.0. The average Bonchev–Trinajstić information content (AvgIpc) is 3.20. The third-order valence-electron chi connectivity index (χ3n) is 11.2. The molecular formula is C31H45NO9. The van der Waals surface area contributed by atoms with E-state index < -0.39 is 52.8 Å². The Balaban J connectivity index is 1.30. The lowest BCUT2D eigenvalue weighted by atomic mass is 9.46. The molecule has 10 heteroatoms. The number of allylic oxidation sites excluding steroid dienone is 1. The first-order valence-electron chi connectivity index (χ1n) is 14.9. The van der Waals surface area contributed by atoms with E-state index in [-0.39, 0.29) is 36.5 Å². The van der Waals surface area contributed by atoms with Crippen LogP contribution in [-0.2, 0) is 28.7 Å². The number of carbonyl (C=O) groups excluding carboxylic acids is 4. The molecule has 10 nitrogen and oxygen atoms in total. The normalized spacial score (nSPS) is 35.3. The van der Waals surface area contributed by atoms with Crippen LogP contribution in [0.2, 0.25) is 0 Å². The zero-order valence-corrected chi connectivity index (χ0v) is 24.7. The number of ketones is 2. The van der Waals surface area contributed by atoms with Crippen LogP contribution in [0.1, 0.15) is 91.9 Å². The molecule has 0 aromatic carbocycles. The molecule has 228 valence electrons. The average molecular weight is 576 g/mol. The van der Waals surface area contributed by atoms with Gasteiger partial charge in [-0.3, -0.25) is 19.2 Å². The number of rotatable bonds is 10. The molecule has 0 bridgehead atoms. The second-order valence-corrected chi connectivity index (χ2v) is 13.9. The molecular weight excluding hydrogens is 530 g/mol. The molecule has 4 rings (SSSR count). The molecule has 3 saturated carbocycles. The van der Waals surface area contributed by atoms with Crippen molar-refractivity contribution in [3.63, 3.8) is 0 Å². The Labute approximate surface area is 241 Å². The molecule has 0 heterocycles. The van der Waals surface area contributed by atoms with Gasteiger partial charge in [-0.1, -0.05) is 33.3 Å². The van der Waals surface area contributed by atoms with Gasteiger partial charge in [0.15, 0.2) is 18.5 Å². The van der Waals surface area contributed by atoms with Crippen LogP contribution in [0.15, 0.2) is 11.6 Å². The van der Waals surface area contributed by atoms with Gasteiger partial charge in [0.1, 0.15) is 5.60 Å². The third-order valence-corrected chi connectivity index (χ3v) is 11.2. The minimum Gasteiger partial charge on any atom is -0.479 e. The summed E-state index contributed by atoms with van der Waals surface area (Å²) in [6, 6.07) is 0. The fourth-order valence-corrected chi connectivity index (χ4v) is 8.43. The first kappa shape index (κ1) is 31.3. The van der Waals surface area contributed by atoms with E-state index in [1.165, 1.54) is 19.4 Å². The zero-order valence-electron chi connectivity index (χ0n) is 24.7. The predicted molar refractivity (Wildman–Crippen MR) is 147 cm³/mol. The fourth-order valence-electron chi connectivity index (χ4n) is 8.43. The molecule has 0 saturated heterocycles. The Morgan fingerprint density at radius 2 is 1.73 bits per heavy atom. The van der Waals surface area contributed by atoms with Crippen molar-refractivity contribution in [1.82, 2.24) is 5.32 Å². The number of amides is 1. The summed E-state index contributed by atoms with van der Waals surface area (Å²) in [7, 11) is 0. The van der Waals surface area contributed by atoms with E-state index in [1.807, 2.05) is 13.0 Å². The Bertz CT molecular complexity index is 1140. The minimum absolute atomic E-state index is 0.00347. The molecule has 7 atom stereocenters. The number of ether oxygens (including phenoxy) is 1. The highest BCUT2D eigenvalue weighted by Gasteiger charge is 2.66. The number of aliphatic carboxylic acids is 1. The fraction of sp³-hybridized carbons (Fsp3) is 0.774. The molecule has 3 fully saturated rings. The number of nitrogens with one attached hydrogen (secondary N) is 1. The SMILES string of the molecule is CC(C)(CNC(=O)CCC(=O)OCC(=O)[C@@]1(O)CC[C@H]2[C@@H]3CCC4=CC(=O)CC[C@]4(C)[C@H]3CC[C@@]21C)[C@@H](O)C(=O)O. The molecule has 4 aliphatic carbocycles. The van der Waals surface area contributed by atoms with Crippen molar-refractivity contribution in [3.05, 3.63) is 11.6 Å². The third kappa shape index (κ3) is 5.61. The Hall–Kier alpha value is -2.59. The molecule has 0 spiro atoms. The van der Waals surface area contributed by atoms with Crippen LogP contribution in [0, 0.1) is 34.0 Å². The van der Waals surface area contributed by atoms with Gasteiger partial charge in [-0.25, -0.2) is 4.79 Å². The summed E-state index contributed by atoms with van der Waals surface area (Å²) >= 11 is 0. The van der Waals surface area contributed by atoms with Crippen molar-refractivity contribution in [2.75, 3.05) is 13.2 Å². The Morgan fingerprint density at radius 1 is 1.05 bits per heavy atom. The second-order valence-electron chi connectivity index (χ2n) is 13.9. The van der Waals surface area contributed by atoms with Gasteiger partial charge in [0.2, 0.25) is 11.7 Å². The molecule has 0 aromatic rings. The maximum Gasteiger partial charge on any atom is 0.333 e. The molecule has 0 aliphatic heterocycles. The number of hydrogen-bond donors (Lipinski definition) is 4. The Morgan fingerprint density at radius 3 is 2.41 bits per heavy atom. The van der Waals surface area contributed by atoms with Gasteiger partial charge < -0.3 is 25.4 Å². The van der Waals surface area contributed by atoms with Gasteiger partial charge in [-0.2, -0.15) is 0 Å². The number of esters is 1. The van der Waals surface area contributed by atoms with Crippen LogP contribution >= 0.6 is 0 Å². The Kier molecular flexibility index (Phi) is 8.60. The molecule has 41 heavy (non-hydrogen) atoms. The van der Waals surface area contributed by atoms with E-state index >= 15 is 0 Å². The van der Waals surface area contributed by atoms with Crippen LogP contribution in [0.3, 0.4) is 0 Å². The van der Waals surface area contributed by atoms with Crippen molar-refractivity contribution in [3.8, 4) is 0 Å². The maximum absolute atomic E-state index is 13.4. The predicted octanol–water partition coefficient (Wildman–Crippen LogP) is 2.73. The lowest BCUT2D eigenvalue weighted by Gasteiger charge is -2.58. The molecule has 1 amide bonds. The van der Waals surface area contributed by atoms with Crippen molar-refractivity contribution in [1.29, 1.82) is 0 Å². The second kappa shape index (κ2) is 11.2. The van der Waals surface area contributed by atoms with Gasteiger partial charge in [-0.05, 0) is 74.2 Å². The summed E-state index contributed by atoms with van der Waals surface area (Å²) in [6.07, 6.45) is 5.60. The van der Waals surface area contributed by atoms with Crippen molar-refractivity contribution in [2.45, 2.75) is 104 Å². The van der Waals surface area contributed by atoms with Gasteiger partial charge in [-0.15, -0.1) is 0 Å². The van der Waals surface area contributed by atoms with Gasteiger partial charge in [0.25, 0.3) is 0 Å². The molecule has 0 aromatic heterocycles. The van der Waals surface area contributed by atoms with Crippen LogP contribution < -0.4 is 5.32 Å². The van der Waals surface area contributed by atoms with E-state index in [9.17, 15) is 34.2 Å². The monoisotopic (exact) mass is 575 g/mol. The highest BCUT2D eigenvalue weighted by molar-refractivity contribution is 5.92. The van der Waals surface area contributed by atoms with E-state index in [4.69, 9.17) is 9.84 Å². The first-order chi connectivity index (χ1) is 19.0. The zero-order chi connectivity index (χ0) is 30.4. The quantitative estimate of drug-likeness (QED) is 0.286. The van der Waals surface area contributed by atoms with Gasteiger partial charge in [0, 0.05) is 30.2 Å². The van der Waals surface area contributed by atoms with E-state index in [2.05, 4.69) is 12.2 Å². The lowest BCUT2D eigenvalue weighted by molar-refractivity contribution is -0.170. The summed E-state index contributed by atoms with van der Waals surface area (Å²) in [5.74, 6) is -1.97. The number of carboxylic acids is 1. The number of carboxylic acid groups (broad SMARTS) is 1. The standard InChI is InChI=1S/C31H45NO9/c1-28(2,26(37)27(38)39)17-32-24(35)7-8-25(36)41-16-23(34)31(40)14-11-22-20-6-5-18-15-19(33)9-12-29(18,3)21(20)10-13-30(22,31)4/h15,20-22,26,37,40H,5-14,16-17H2,1-4H3,(H,32,35)(H,38,39)/t20-,21+,22+,26+,29+,30+,31+/m1/s1. The van der Waals surface area contributed by atoms with Crippen LogP contribution in [0.4, 0.5) is 0 Å². The molecule has 4 N–H and O–H groups in total. The minimum atomic E-state index is -1.66. The topological polar surface area (TPSA) is 167 Å². The smallest absolute Gasteiger partial charge is 0.333 e. The number of carbonyl (C=O) groups is 5. The largest absolute Gasteiger partial charge is 0.479 e. The van der Waals surface area contributed by atoms with Crippen LogP contribution in [0.5, 0.6) is 0 Å². The summed E-state index contributed by atoms with van der Waals surface area (Å²) in [6.45, 7) is 6.63. The molecule has 0 unspecified atom stereocenters. The van der Waals surface area contributed by atoms with Gasteiger partial charge in [0.05, 0.1) is 6.42 Å². The highest BCUT2D eigenvalue weighted by atomic mass is 16.5. The highest BCUT2D eigenvalue weighted by Crippen LogP contribution is 2.67. The van der Waals surface area contributed by atoms with Gasteiger partial charge >= 0.3 is 11.9 Å². The van der Waals surface area contributed by atoms with Crippen molar-refractivity contribution in [2.24, 2.45) is 34.0 Å². The van der Waals surface area contributed by atoms with E-state index in [0.29, 0.717) is 31.1 Å². The summed E-state index contributed by atoms with van der Waals surface area (Å²) < 4.78 is 5.19. The first-order valence-corrected chi connectivity index (χ1v) is 14.9. The number of fused-ring (bicyclic) bond motifs is 5. The van der Waals surface area contributed by atoms with Crippen LogP contribution in [0.25, 0.3) is 0 Å². The molecule has 0 radical (unpaired) electrons.